The van der Waals surface area contributed by atoms with Gasteiger partial charge in [0.25, 0.3) is 0 Å². The van der Waals surface area contributed by atoms with Crippen LogP contribution in [-0.4, -0.2) is 26.2 Å². The molecule has 1 heterocycles. The van der Waals surface area contributed by atoms with Crippen LogP contribution in [0.2, 0.25) is 0 Å². The number of carbonyl (C=O) groups is 2. The third kappa shape index (κ3) is 3.13. The predicted octanol–water partition coefficient (Wildman–Crippen LogP) is 2.58. The molecule has 1 aromatic rings. The second-order valence-corrected chi connectivity index (χ2v) is 5.53. The highest BCUT2D eigenvalue weighted by Crippen LogP contribution is 2.39. The van der Waals surface area contributed by atoms with Crippen molar-refractivity contribution in [2.45, 2.75) is 26.7 Å². The van der Waals surface area contributed by atoms with Crippen molar-refractivity contribution in [3.05, 3.63) is 57.9 Å². The Kier molecular flexibility index (Phi) is 4.89. The van der Waals surface area contributed by atoms with Gasteiger partial charge in [-0.2, -0.15) is 0 Å². The fourth-order valence-corrected chi connectivity index (χ4v) is 2.94. The zero-order chi connectivity index (χ0) is 17.1. The molecule has 1 aliphatic heterocycles. The number of carbonyl (C=O) groups excluding carboxylic acids is 2. The van der Waals surface area contributed by atoms with Crippen LogP contribution in [0.1, 0.15) is 30.9 Å². The summed E-state index contributed by atoms with van der Waals surface area (Å²) in [6.45, 7) is 5.56. The third-order valence-corrected chi connectivity index (χ3v) is 3.95. The number of rotatable bonds is 3. The van der Waals surface area contributed by atoms with Gasteiger partial charge in [0.2, 0.25) is 0 Å². The number of methoxy groups -OCH3 is 2. The van der Waals surface area contributed by atoms with Gasteiger partial charge in [0.05, 0.1) is 31.3 Å². The molecule has 2 rings (SSSR count). The summed E-state index contributed by atoms with van der Waals surface area (Å²) in [6, 6.07) is 7.73. The molecule has 5 nitrogen and oxygen atoms in total. The van der Waals surface area contributed by atoms with Crippen LogP contribution >= 0.6 is 0 Å². The molecule has 1 aliphatic rings. The third-order valence-electron chi connectivity index (χ3n) is 3.95. The van der Waals surface area contributed by atoms with Crippen LogP contribution in [0.5, 0.6) is 0 Å². The fourth-order valence-electron chi connectivity index (χ4n) is 2.94. The molecule has 0 bridgehead atoms. The van der Waals surface area contributed by atoms with Crippen LogP contribution < -0.4 is 5.32 Å². The molecular weight excluding hydrogens is 294 g/mol. The lowest BCUT2D eigenvalue weighted by Crippen LogP contribution is -2.32. The van der Waals surface area contributed by atoms with Crippen molar-refractivity contribution < 1.29 is 19.1 Å². The second kappa shape index (κ2) is 6.69. The number of hydrogen-bond acceptors (Lipinski definition) is 5. The van der Waals surface area contributed by atoms with Gasteiger partial charge in [0.1, 0.15) is 0 Å². The molecule has 1 N–H and O–H groups in total. The summed E-state index contributed by atoms with van der Waals surface area (Å²) in [4.78, 5) is 24.6. The Morgan fingerprint density at radius 1 is 0.957 bits per heavy atom. The van der Waals surface area contributed by atoms with Crippen molar-refractivity contribution in [3.8, 4) is 0 Å². The molecule has 1 aromatic carbocycles. The Hall–Kier alpha value is -2.56. The minimum absolute atomic E-state index is 0.420. The van der Waals surface area contributed by atoms with Crippen LogP contribution in [0.4, 0.5) is 0 Å². The summed E-state index contributed by atoms with van der Waals surface area (Å²) in [5.41, 5.74) is 4.09. The van der Waals surface area contributed by atoms with Crippen LogP contribution in [0, 0.1) is 6.92 Å². The van der Waals surface area contributed by atoms with Gasteiger partial charge < -0.3 is 14.8 Å². The molecule has 0 radical (unpaired) electrons. The van der Waals surface area contributed by atoms with Crippen LogP contribution in [0.15, 0.2) is 46.8 Å². The molecule has 0 saturated heterocycles. The molecule has 0 spiro atoms. The van der Waals surface area contributed by atoms with Gasteiger partial charge in [-0.05, 0) is 26.3 Å². The van der Waals surface area contributed by atoms with E-state index >= 15 is 0 Å². The summed E-state index contributed by atoms with van der Waals surface area (Å²) in [5.74, 6) is -1.44. The molecular formula is C18H21NO4. The maximum Gasteiger partial charge on any atom is 0.336 e. The quantitative estimate of drug-likeness (QED) is 0.869. The highest BCUT2D eigenvalue weighted by molar-refractivity contribution is 5.99. The summed E-state index contributed by atoms with van der Waals surface area (Å²) in [7, 11) is 2.66. The Morgan fingerprint density at radius 2 is 1.48 bits per heavy atom. The van der Waals surface area contributed by atoms with Gasteiger partial charge in [-0.15, -0.1) is 0 Å². The number of nitrogens with one attached hydrogen (secondary N) is 1. The fraction of sp³-hybridized carbons (Fsp3) is 0.333. The van der Waals surface area contributed by atoms with Crippen molar-refractivity contribution in [3.63, 3.8) is 0 Å². The van der Waals surface area contributed by atoms with E-state index in [1.54, 1.807) is 13.8 Å². The average molecular weight is 315 g/mol. The summed E-state index contributed by atoms with van der Waals surface area (Å²) in [6.07, 6.45) is 0. The van der Waals surface area contributed by atoms with E-state index in [0.717, 1.165) is 11.1 Å². The first-order chi connectivity index (χ1) is 10.9. The number of dihydropyridines is 1. The van der Waals surface area contributed by atoms with Crippen molar-refractivity contribution >= 4 is 11.9 Å². The van der Waals surface area contributed by atoms with Gasteiger partial charge in [-0.1, -0.05) is 29.8 Å². The van der Waals surface area contributed by atoms with Crippen LogP contribution in [0.3, 0.4) is 0 Å². The molecule has 5 heteroatoms. The topological polar surface area (TPSA) is 64.6 Å². The highest BCUT2D eigenvalue weighted by atomic mass is 16.5. The van der Waals surface area contributed by atoms with Gasteiger partial charge in [-0.3, -0.25) is 0 Å². The molecule has 23 heavy (non-hydrogen) atoms. The molecule has 0 fully saturated rings. The molecule has 0 aromatic heterocycles. The van der Waals surface area contributed by atoms with E-state index in [-0.39, 0.29) is 0 Å². The number of benzene rings is 1. The lowest BCUT2D eigenvalue weighted by atomic mass is 9.80. The van der Waals surface area contributed by atoms with Crippen LogP contribution in [0.25, 0.3) is 0 Å². The Balaban J connectivity index is 2.69. The minimum atomic E-state index is -0.518. The number of esters is 2. The van der Waals surface area contributed by atoms with E-state index in [1.165, 1.54) is 14.2 Å². The smallest absolute Gasteiger partial charge is 0.336 e. The monoisotopic (exact) mass is 315 g/mol. The van der Waals surface area contributed by atoms with E-state index in [9.17, 15) is 9.59 Å². The maximum absolute atomic E-state index is 12.3. The number of hydrogen-bond donors (Lipinski definition) is 1. The Labute approximate surface area is 136 Å². The van der Waals surface area contributed by atoms with Crippen molar-refractivity contribution in [2.75, 3.05) is 14.2 Å². The van der Waals surface area contributed by atoms with E-state index in [2.05, 4.69) is 5.32 Å². The van der Waals surface area contributed by atoms with E-state index in [4.69, 9.17) is 9.47 Å². The highest BCUT2D eigenvalue weighted by Gasteiger charge is 2.37. The number of aryl methyl sites for hydroxylation is 1. The molecule has 0 unspecified atom stereocenters. The molecule has 0 amide bonds. The van der Waals surface area contributed by atoms with Crippen LogP contribution in [-0.2, 0) is 19.1 Å². The van der Waals surface area contributed by atoms with Gasteiger partial charge in [-0.25, -0.2) is 9.59 Å². The van der Waals surface area contributed by atoms with E-state index < -0.39 is 17.9 Å². The molecule has 0 atom stereocenters. The largest absolute Gasteiger partial charge is 0.466 e. The standard InChI is InChI=1S/C18H21NO4/c1-10-7-6-8-13(9-10)16-14(17(20)22-4)11(2)19-12(3)15(16)18(21)23-5/h6-9,16,19H,1-5H3. The normalized spacial score (nSPS) is 15.3. The summed E-state index contributed by atoms with van der Waals surface area (Å²) in [5, 5.41) is 3.08. The average Bonchev–Trinajstić information content (AvgIpc) is 2.52. The first-order valence-corrected chi connectivity index (χ1v) is 7.32. The van der Waals surface area contributed by atoms with E-state index in [1.807, 2.05) is 31.2 Å². The zero-order valence-electron chi connectivity index (χ0n) is 14.0. The second-order valence-electron chi connectivity index (χ2n) is 5.53. The lowest BCUT2D eigenvalue weighted by Gasteiger charge is -2.30. The summed E-state index contributed by atoms with van der Waals surface area (Å²) >= 11 is 0. The zero-order valence-corrected chi connectivity index (χ0v) is 14.0. The van der Waals surface area contributed by atoms with Crippen molar-refractivity contribution in [1.82, 2.24) is 5.32 Å². The Morgan fingerprint density at radius 3 is 1.91 bits per heavy atom. The van der Waals surface area contributed by atoms with Crippen molar-refractivity contribution in [1.29, 1.82) is 0 Å². The SMILES string of the molecule is COC(=O)C1=C(C)NC(C)=C(C(=O)OC)C1c1cccc(C)c1. The van der Waals surface area contributed by atoms with Gasteiger partial charge in [0.15, 0.2) is 0 Å². The van der Waals surface area contributed by atoms with E-state index in [0.29, 0.717) is 22.5 Å². The van der Waals surface area contributed by atoms with Gasteiger partial charge >= 0.3 is 11.9 Å². The van der Waals surface area contributed by atoms with Gasteiger partial charge in [0, 0.05) is 11.4 Å². The predicted molar refractivity (Wildman–Crippen MR) is 86.5 cm³/mol. The molecule has 122 valence electrons. The summed E-state index contributed by atoms with van der Waals surface area (Å²) < 4.78 is 9.86. The maximum atomic E-state index is 12.3. The first kappa shape index (κ1) is 16.8. The molecule has 0 saturated carbocycles. The molecule has 0 aliphatic carbocycles. The Bertz CT molecular complexity index is 677. The lowest BCUT2D eigenvalue weighted by molar-refractivity contribution is -0.137. The first-order valence-electron chi connectivity index (χ1n) is 7.32. The van der Waals surface area contributed by atoms with Crippen molar-refractivity contribution in [2.24, 2.45) is 0 Å². The number of ether oxygens (including phenoxy) is 2. The minimum Gasteiger partial charge on any atom is -0.466 e. The number of allylic oxidation sites excluding steroid dienone is 2.